The van der Waals surface area contributed by atoms with Gasteiger partial charge in [0.2, 0.25) is 0 Å². The number of rotatable bonds is 2. The first-order valence-corrected chi connectivity index (χ1v) is 6.13. The topological polar surface area (TPSA) is 0 Å². The van der Waals surface area contributed by atoms with Gasteiger partial charge in [0.25, 0.3) is 0 Å². The molecule has 2 aliphatic rings. The van der Waals surface area contributed by atoms with Gasteiger partial charge in [-0.15, -0.1) is 6.58 Å². The van der Waals surface area contributed by atoms with Crippen LogP contribution >= 0.6 is 0 Å². The van der Waals surface area contributed by atoms with E-state index in [1.807, 2.05) is 0 Å². The summed E-state index contributed by atoms with van der Waals surface area (Å²) in [6.45, 7) is 17.7. The van der Waals surface area contributed by atoms with Crippen molar-refractivity contribution in [2.24, 2.45) is 28.6 Å². The largest absolute Gasteiger partial charge is 0.103 e. The van der Waals surface area contributed by atoms with E-state index in [1.165, 1.54) is 18.4 Å². The van der Waals surface area contributed by atoms with E-state index in [-0.39, 0.29) is 0 Å². The van der Waals surface area contributed by atoms with Gasteiger partial charge in [-0.05, 0) is 48.3 Å². The van der Waals surface area contributed by atoms with Crippen molar-refractivity contribution in [3.63, 3.8) is 0 Å². The molecule has 0 aromatic heterocycles. The molecule has 0 unspecified atom stereocenters. The number of hydrogen-bond acceptors (Lipinski definition) is 0. The van der Waals surface area contributed by atoms with Gasteiger partial charge in [0, 0.05) is 0 Å². The Bertz CT molecular complexity index is 310. The summed E-state index contributed by atoms with van der Waals surface area (Å²) >= 11 is 0. The van der Waals surface area contributed by atoms with Crippen molar-refractivity contribution in [3.05, 3.63) is 24.8 Å². The summed E-state index contributed by atoms with van der Waals surface area (Å²) in [5.41, 5.74) is 2.20. The molecule has 84 valence electrons. The molecular formula is C15H24. The predicted octanol–water partition coefficient (Wildman–Crippen LogP) is 4.44. The van der Waals surface area contributed by atoms with Gasteiger partial charge in [0.05, 0.1) is 0 Å². The summed E-state index contributed by atoms with van der Waals surface area (Å²) < 4.78 is 0. The van der Waals surface area contributed by atoms with E-state index in [9.17, 15) is 0 Å². The van der Waals surface area contributed by atoms with Crippen LogP contribution in [0.2, 0.25) is 0 Å². The quantitative estimate of drug-likeness (QED) is 0.583. The average molecular weight is 204 g/mol. The van der Waals surface area contributed by atoms with E-state index in [0.717, 1.165) is 11.8 Å². The van der Waals surface area contributed by atoms with E-state index < -0.39 is 0 Å². The van der Waals surface area contributed by atoms with E-state index >= 15 is 0 Å². The van der Waals surface area contributed by atoms with Gasteiger partial charge >= 0.3 is 0 Å². The molecule has 0 nitrogen and oxygen atoms in total. The molecule has 15 heavy (non-hydrogen) atoms. The lowest BCUT2D eigenvalue weighted by molar-refractivity contribution is 0.187. The summed E-state index contributed by atoms with van der Waals surface area (Å²) in [6.07, 6.45) is 4.85. The van der Waals surface area contributed by atoms with Crippen LogP contribution in [-0.4, -0.2) is 0 Å². The van der Waals surface area contributed by atoms with Gasteiger partial charge in [-0.2, -0.15) is 0 Å². The minimum atomic E-state index is 0.292. The van der Waals surface area contributed by atoms with Crippen LogP contribution in [0.15, 0.2) is 24.8 Å². The fourth-order valence-corrected chi connectivity index (χ4v) is 4.13. The number of hydrogen-bond donors (Lipinski definition) is 0. The minimum absolute atomic E-state index is 0.292. The molecule has 0 spiro atoms. The zero-order valence-corrected chi connectivity index (χ0v) is 10.6. The van der Waals surface area contributed by atoms with Crippen LogP contribution in [0.25, 0.3) is 0 Å². The number of fused-ring (bicyclic) bond motifs is 1. The van der Waals surface area contributed by atoms with E-state index in [0.29, 0.717) is 16.7 Å². The highest BCUT2D eigenvalue weighted by molar-refractivity contribution is 5.24. The Morgan fingerprint density at radius 3 is 2.40 bits per heavy atom. The molecule has 4 atom stereocenters. The van der Waals surface area contributed by atoms with Crippen LogP contribution in [0.1, 0.15) is 40.5 Å². The summed E-state index contributed by atoms with van der Waals surface area (Å²) in [5.74, 6) is 2.45. The van der Waals surface area contributed by atoms with Crippen molar-refractivity contribution < 1.29 is 0 Å². The van der Waals surface area contributed by atoms with Crippen LogP contribution in [0.4, 0.5) is 0 Å². The highest BCUT2D eigenvalue weighted by Gasteiger charge is 2.65. The fraction of sp³-hybridized carbons (Fsp3) is 0.733. The van der Waals surface area contributed by atoms with Crippen molar-refractivity contribution >= 4 is 0 Å². The van der Waals surface area contributed by atoms with Crippen molar-refractivity contribution in [1.82, 2.24) is 0 Å². The first kappa shape index (κ1) is 11.0. The molecule has 0 N–H and O–H groups in total. The van der Waals surface area contributed by atoms with E-state index in [2.05, 4.69) is 46.9 Å². The Kier molecular flexibility index (Phi) is 2.19. The zero-order valence-electron chi connectivity index (χ0n) is 10.6. The third kappa shape index (κ3) is 1.33. The van der Waals surface area contributed by atoms with E-state index in [4.69, 9.17) is 0 Å². The SMILES string of the molecule is C=C[C@]1(C)CC[C@@H]2[C@H]([C@@H]1C(=C)C)C2(C)C. The Morgan fingerprint density at radius 2 is 1.93 bits per heavy atom. The molecule has 0 heterocycles. The molecule has 2 saturated carbocycles. The third-order valence-electron chi connectivity index (χ3n) is 5.20. The zero-order chi connectivity index (χ0) is 11.4. The molecule has 0 aromatic rings. The third-order valence-corrected chi connectivity index (χ3v) is 5.20. The van der Waals surface area contributed by atoms with Gasteiger partial charge in [0.15, 0.2) is 0 Å². The van der Waals surface area contributed by atoms with Crippen molar-refractivity contribution in [1.29, 1.82) is 0 Å². The van der Waals surface area contributed by atoms with Gasteiger partial charge in [0.1, 0.15) is 0 Å². The van der Waals surface area contributed by atoms with Gasteiger partial charge in [-0.25, -0.2) is 0 Å². The van der Waals surface area contributed by atoms with Crippen LogP contribution in [0, 0.1) is 28.6 Å². The molecule has 2 aliphatic carbocycles. The maximum Gasteiger partial charge on any atom is -0.00809 e. The first-order valence-electron chi connectivity index (χ1n) is 6.13. The lowest BCUT2D eigenvalue weighted by atomic mass is 9.65. The molecule has 0 bridgehead atoms. The summed E-state index contributed by atoms with van der Waals surface area (Å²) in [4.78, 5) is 0. The smallest absolute Gasteiger partial charge is 0.00809 e. The van der Waals surface area contributed by atoms with Crippen molar-refractivity contribution in [2.45, 2.75) is 40.5 Å². The molecule has 0 saturated heterocycles. The minimum Gasteiger partial charge on any atom is -0.103 e. The van der Waals surface area contributed by atoms with Gasteiger partial charge < -0.3 is 0 Å². The van der Waals surface area contributed by atoms with Crippen molar-refractivity contribution in [2.75, 3.05) is 0 Å². The molecule has 0 amide bonds. The maximum atomic E-state index is 4.22. The Hall–Kier alpha value is -0.520. The number of allylic oxidation sites excluding steroid dienone is 2. The molecule has 2 rings (SSSR count). The first-order chi connectivity index (χ1) is 6.84. The normalized spacial score (nSPS) is 46.8. The van der Waals surface area contributed by atoms with Crippen LogP contribution in [0.3, 0.4) is 0 Å². The molecule has 2 fully saturated rings. The second kappa shape index (κ2) is 2.99. The molecular weight excluding hydrogens is 180 g/mol. The highest BCUT2D eigenvalue weighted by Crippen LogP contribution is 2.71. The molecule has 0 aromatic carbocycles. The van der Waals surface area contributed by atoms with Gasteiger partial charge in [-0.3, -0.25) is 0 Å². The fourth-order valence-electron chi connectivity index (χ4n) is 4.13. The summed E-state index contributed by atoms with van der Waals surface area (Å²) in [6, 6.07) is 0. The lowest BCUT2D eigenvalue weighted by Crippen LogP contribution is -2.31. The Labute approximate surface area is 94.5 Å². The van der Waals surface area contributed by atoms with Crippen LogP contribution < -0.4 is 0 Å². The monoisotopic (exact) mass is 204 g/mol. The maximum absolute atomic E-state index is 4.22. The van der Waals surface area contributed by atoms with E-state index in [1.54, 1.807) is 0 Å². The standard InChI is InChI=1S/C15H24/c1-7-15(6)9-8-11-13(14(11,4)5)12(15)10(2)3/h7,11-13H,1-2,8-9H2,3-6H3/t11-,12+,13-,15-/m1/s1. The molecule has 0 radical (unpaired) electrons. The Balaban J connectivity index is 2.34. The molecule has 0 heteroatoms. The second-order valence-electron chi connectivity index (χ2n) is 6.53. The lowest BCUT2D eigenvalue weighted by Gasteiger charge is -2.40. The predicted molar refractivity (Wildman–Crippen MR) is 66.6 cm³/mol. The average Bonchev–Trinajstić information content (AvgIpc) is 2.68. The van der Waals surface area contributed by atoms with Crippen LogP contribution in [-0.2, 0) is 0 Å². The van der Waals surface area contributed by atoms with Gasteiger partial charge in [-0.1, -0.05) is 39.0 Å². The highest BCUT2D eigenvalue weighted by atomic mass is 14.7. The van der Waals surface area contributed by atoms with Crippen molar-refractivity contribution in [3.8, 4) is 0 Å². The van der Waals surface area contributed by atoms with Crippen LogP contribution in [0.5, 0.6) is 0 Å². The summed E-state index contributed by atoms with van der Waals surface area (Å²) in [7, 11) is 0. The Morgan fingerprint density at radius 1 is 1.33 bits per heavy atom. The summed E-state index contributed by atoms with van der Waals surface area (Å²) in [5, 5.41) is 0. The molecule has 0 aliphatic heterocycles. The second-order valence-corrected chi connectivity index (χ2v) is 6.53.